The van der Waals surface area contributed by atoms with Crippen LogP contribution in [0.3, 0.4) is 0 Å². The molecule has 8 aromatic carbocycles. The Kier molecular flexibility index (Phi) is 13.3. The Balaban J connectivity index is 0.881. The highest BCUT2D eigenvalue weighted by atomic mass is 16.5. The van der Waals surface area contributed by atoms with Gasteiger partial charge in [0.05, 0.1) is 28.4 Å². The van der Waals surface area contributed by atoms with Crippen LogP contribution in [0.25, 0.3) is 24.3 Å². The van der Waals surface area contributed by atoms with Crippen molar-refractivity contribution in [3.05, 3.63) is 228 Å². The summed E-state index contributed by atoms with van der Waals surface area (Å²) in [7, 11) is 6.73. The third-order valence-electron chi connectivity index (χ3n) is 10.9. The number of methoxy groups -OCH3 is 4. The normalized spacial score (nSPS) is 11.1. The van der Waals surface area contributed by atoms with E-state index in [0.29, 0.717) is 0 Å². The van der Waals surface area contributed by atoms with E-state index in [0.717, 1.165) is 85.8 Å². The van der Waals surface area contributed by atoms with Gasteiger partial charge in [0.25, 0.3) is 0 Å². The molecule has 0 atom stereocenters. The molecular formula is C57H50N2O4. The van der Waals surface area contributed by atoms with Gasteiger partial charge in [-0.25, -0.2) is 0 Å². The quantitative estimate of drug-likeness (QED) is 0.0904. The van der Waals surface area contributed by atoms with Gasteiger partial charge >= 0.3 is 0 Å². The first-order valence-corrected chi connectivity index (χ1v) is 20.9. The monoisotopic (exact) mass is 826 g/mol. The largest absolute Gasteiger partial charge is 0.497 e. The summed E-state index contributed by atoms with van der Waals surface area (Å²) in [6, 6.07) is 67.2. The minimum atomic E-state index is 0.820. The molecule has 0 aromatic heterocycles. The maximum absolute atomic E-state index is 5.41. The van der Waals surface area contributed by atoms with E-state index in [4.69, 9.17) is 18.9 Å². The molecule has 0 spiro atoms. The van der Waals surface area contributed by atoms with Gasteiger partial charge in [0, 0.05) is 34.1 Å². The summed E-state index contributed by atoms with van der Waals surface area (Å²) in [5.41, 5.74) is 13.4. The summed E-state index contributed by atoms with van der Waals surface area (Å²) >= 11 is 0. The van der Waals surface area contributed by atoms with Crippen LogP contribution >= 0.6 is 0 Å². The number of hydrogen-bond acceptors (Lipinski definition) is 6. The number of rotatable bonds is 16. The Morgan fingerprint density at radius 1 is 0.270 bits per heavy atom. The van der Waals surface area contributed by atoms with Crippen molar-refractivity contribution in [3.63, 3.8) is 0 Å². The second kappa shape index (κ2) is 20.1. The molecule has 6 heteroatoms. The number of anilines is 6. The number of hydrogen-bond donors (Lipinski definition) is 0. The molecule has 0 saturated carbocycles. The molecule has 0 heterocycles. The molecule has 0 unspecified atom stereocenters. The minimum Gasteiger partial charge on any atom is -0.497 e. The van der Waals surface area contributed by atoms with E-state index in [-0.39, 0.29) is 0 Å². The molecular weight excluding hydrogens is 777 g/mol. The highest BCUT2D eigenvalue weighted by molar-refractivity contribution is 5.80. The van der Waals surface area contributed by atoms with Crippen molar-refractivity contribution in [1.82, 2.24) is 0 Å². The summed E-state index contributed by atoms with van der Waals surface area (Å²) in [5, 5.41) is 0. The lowest BCUT2D eigenvalue weighted by Gasteiger charge is -2.26. The Hall–Kier alpha value is -7.96. The molecule has 0 saturated heterocycles. The van der Waals surface area contributed by atoms with Gasteiger partial charge in [-0.2, -0.15) is 0 Å². The van der Waals surface area contributed by atoms with E-state index in [1.807, 2.05) is 48.5 Å². The molecule has 0 bridgehead atoms. The number of benzene rings is 8. The summed E-state index contributed by atoms with van der Waals surface area (Å²) in [6.45, 7) is 0. The van der Waals surface area contributed by atoms with Crippen LogP contribution < -0.4 is 28.7 Å². The molecule has 0 N–H and O–H groups in total. The van der Waals surface area contributed by atoms with Crippen LogP contribution in [-0.2, 0) is 6.42 Å². The first kappa shape index (κ1) is 41.8. The third-order valence-corrected chi connectivity index (χ3v) is 10.9. The zero-order valence-electron chi connectivity index (χ0n) is 36.0. The van der Waals surface area contributed by atoms with E-state index < -0.39 is 0 Å². The molecule has 63 heavy (non-hydrogen) atoms. The van der Waals surface area contributed by atoms with E-state index in [9.17, 15) is 0 Å². The Labute approximate surface area is 371 Å². The average Bonchev–Trinajstić information content (AvgIpc) is 3.35. The fourth-order valence-electron chi connectivity index (χ4n) is 7.40. The smallest absolute Gasteiger partial charge is 0.119 e. The number of nitrogens with zero attached hydrogens (tertiary/aromatic N) is 2. The first-order chi connectivity index (χ1) is 31.0. The van der Waals surface area contributed by atoms with Gasteiger partial charge in [0.2, 0.25) is 0 Å². The molecule has 0 radical (unpaired) electrons. The minimum absolute atomic E-state index is 0.820. The second-order valence-electron chi connectivity index (χ2n) is 15.0. The van der Waals surface area contributed by atoms with Gasteiger partial charge in [-0.3, -0.25) is 0 Å². The third kappa shape index (κ3) is 10.5. The molecule has 0 aliphatic carbocycles. The van der Waals surface area contributed by atoms with Crippen LogP contribution in [0.1, 0.15) is 33.4 Å². The topological polar surface area (TPSA) is 43.4 Å². The van der Waals surface area contributed by atoms with Gasteiger partial charge in [-0.1, -0.05) is 97.1 Å². The SMILES string of the molecule is COc1ccc(N(c2ccc(/C=C/c3ccc(Cc4ccc(/C=C/c5ccc(N(c6ccc(OC)cc6)c6ccc(OC)cc6)cc5)cc4)cc3)cc2)c2ccc(OC)cc2)cc1. The lowest BCUT2D eigenvalue weighted by Crippen LogP contribution is -2.09. The van der Waals surface area contributed by atoms with Gasteiger partial charge in [-0.05, 0) is 161 Å². The molecule has 8 rings (SSSR count). The summed E-state index contributed by atoms with van der Waals surface area (Å²) in [4.78, 5) is 4.44. The molecule has 0 aliphatic heterocycles. The van der Waals surface area contributed by atoms with Crippen LogP contribution in [0.2, 0.25) is 0 Å². The van der Waals surface area contributed by atoms with Gasteiger partial charge in [0.1, 0.15) is 23.0 Å². The molecule has 6 nitrogen and oxygen atoms in total. The Bertz CT molecular complexity index is 2440. The van der Waals surface area contributed by atoms with Crippen molar-refractivity contribution in [3.8, 4) is 23.0 Å². The van der Waals surface area contributed by atoms with Gasteiger partial charge < -0.3 is 28.7 Å². The van der Waals surface area contributed by atoms with E-state index in [1.54, 1.807) is 28.4 Å². The van der Waals surface area contributed by atoms with E-state index in [1.165, 1.54) is 11.1 Å². The summed E-state index contributed by atoms with van der Waals surface area (Å²) < 4.78 is 21.6. The zero-order chi connectivity index (χ0) is 43.4. The summed E-state index contributed by atoms with van der Waals surface area (Å²) in [6.07, 6.45) is 9.51. The molecule has 312 valence electrons. The molecule has 0 fully saturated rings. The first-order valence-electron chi connectivity index (χ1n) is 20.9. The molecule has 0 amide bonds. The lowest BCUT2D eigenvalue weighted by atomic mass is 10.0. The average molecular weight is 827 g/mol. The van der Waals surface area contributed by atoms with Crippen molar-refractivity contribution in [2.75, 3.05) is 38.2 Å². The maximum Gasteiger partial charge on any atom is 0.119 e. The van der Waals surface area contributed by atoms with Crippen LogP contribution in [0.5, 0.6) is 23.0 Å². The van der Waals surface area contributed by atoms with Crippen molar-refractivity contribution in [1.29, 1.82) is 0 Å². The number of ether oxygens (including phenoxy) is 4. The predicted molar refractivity (Wildman–Crippen MR) is 262 cm³/mol. The fourth-order valence-corrected chi connectivity index (χ4v) is 7.40. The van der Waals surface area contributed by atoms with Crippen molar-refractivity contribution < 1.29 is 18.9 Å². The maximum atomic E-state index is 5.41. The van der Waals surface area contributed by atoms with E-state index >= 15 is 0 Å². The summed E-state index contributed by atoms with van der Waals surface area (Å²) in [5.74, 6) is 3.28. The van der Waals surface area contributed by atoms with Crippen LogP contribution in [0, 0.1) is 0 Å². The second-order valence-corrected chi connectivity index (χ2v) is 15.0. The van der Waals surface area contributed by atoms with Gasteiger partial charge in [0.15, 0.2) is 0 Å². The highest BCUT2D eigenvalue weighted by Crippen LogP contribution is 2.38. The van der Waals surface area contributed by atoms with Gasteiger partial charge in [-0.15, -0.1) is 0 Å². The Morgan fingerprint density at radius 2 is 0.460 bits per heavy atom. The highest BCUT2D eigenvalue weighted by Gasteiger charge is 2.14. The van der Waals surface area contributed by atoms with Crippen LogP contribution in [-0.4, -0.2) is 28.4 Å². The Morgan fingerprint density at radius 3 is 0.667 bits per heavy atom. The van der Waals surface area contributed by atoms with Crippen LogP contribution in [0.15, 0.2) is 194 Å². The lowest BCUT2D eigenvalue weighted by molar-refractivity contribution is 0.414. The van der Waals surface area contributed by atoms with Crippen molar-refractivity contribution in [2.24, 2.45) is 0 Å². The zero-order valence-corrected chi connectivity index (χ0v) is 36.0. The van der Waals surface area contributed by atoms with Crippen molar-refractivity contribution in [2.45, 2.75) is 6.42 Å². The van der Waals surface area contributed by atoms with E-state index in [2.05, 4.69) is 180 Å². The standard InChI is InChI=1S/C57H50N2O4/c1-60-54-33-25-50(26-34-54)58(51-27-35-55(61-2)36-28-51)48-21-17-44(18-22-48)7-5-42-9-13-46(14-10-42)41-47-15-11-43(12-16-47)6-8-45-19-23-49(24-20-45)59(52-29-37-56(62-3)38-30-52)53-31-39-57(63-4)40-32-53/h5-40H,41H2,1-4H3/b7-5+,8-6+. The molecule has 8 aromatic rings. The van der Waals surface area contributed by atoms with Crippen LogP contribution in [0.4, 0.5) is 34.1 Å². The fraction of sp³-hybridized carbons (Fsp3) is 0.0877. The predicted octanol–water partition coefficient (Wildman–Crippen LogP) is 14.6. The van der Waals surface area contributed by atoms with Crippen molar-refractivity contribution >= 4 is 58.4 Å². The molecule has 0 aliphatic rings.